The number of hydrogen-bond acceptors (Lipinski definition) is 2. The average Bonchev–Trinajstić information content (AvgIpc) is 2.31. The number of carbonyl (C=O) groups excluding carboxylic acids is 1. The Morgan fingerprint density at radius 2 is 2.00 bits per heavy atom. The van der Waals surface area contributed by atoms with E-state index in [4.69, 9.17) is 17.3 Å². The van der Waals surface area contributed by atoms with E-state index in [0.29, 0.717) is 11.6 Å². The lowest BCUT2D eigenvalue weighted by Gasteiger charge is -2.21. The minimum Gasteiger partial charge on any atom is -0.340 e. The smallest absolute Gasteiger partial charge is 0.239 e. The fraction of sp³-hybridized carbons (Fsp3) is 0.462. The minimum absolute atomic E-state index is 0.0122. The SMILES string of the molecule is CCCC(N)C(=O)N(C)Cc1ccc(Cl)cc1. The van der Waals surface area contributed by atoms with Crippen molar-refractivity contribution in [2.75, 3.05) is 7.05 Å². The Bertz CT molecular complexity index is 364. The summed E-state index contributed by atoms with van der Waals surface area (Å²) in [6.07, 6.45) is 1.64. The lowest BCUT2D eigenvalue weighted by Crippen LogP contribution is -2.41. The molecule has 1 aromatic carbocycles. The maximum atomic E-state index is 11.9. The number of rotatable bonds is 5. The van der Waals surface area contributed by atoms with Gasteiger partial charge >= 0.3 is 0 Å². The van der Waals surface area contributed by atoms with Crippen LogP contribution < -0.4 is 5.73 Å². The largest absolute Gasteiger partial charge is 0.340 e. The predicted molar refractivity (Wildman–Crippen MR) is 70.8 cm³/mol. The fourth-order valence-electron chi connectivity index (χ4n) is 1.66. The van der Waals surface area contributed by atoms with Gasteiger partial charge in [0.05, 0.1) is 6.04 Å². The number of carbonyl (C=O) groups is 1. The molecule has 0 bridgehead atoms. The van der Waals surface area contributed by atoms with Gasteiger partial charge in [-0.1, -0.05) is 37.1 Å². The molecule has 0 aliphatic rings. The van der Waals surface area contributed by atoms with E-state index in [0.717, 1.165) is 18.4 Å². The molecule has 0 aliphatic carbocycles. The maximum Gasteiger partial charge on any atom is 0.239 e. The van der Waals surface area contributed by atoms with Gasteiger partial charge in [-0.05, 0) is 24.1 Å². The first kappa shape index (κ1) is 14.0. The Morgan fingerprint density at radius 3 is 2.53 bits per heavy atom. The van der Waals surface area contributed by atoms with Crippen LogP contribution in [0.1, 0.15) is 25.3 Å². The third kappa shape index (κ3) is 4.36. The highest BCUT2D eigenvalue weighted by atomic mass is 35.5. The molecule has 0 radical (unpaired) electrons. The first-order valence-corrected chi connectivity index (χ1v) is 6.17. The van der Waals surface area contributed by atoms with Crippen molar-refractivity contribution >= 4 is 17.5 Å². The molecule has 1 amide bonds. The maximum absolute atomic E-state index is 11.9. The van der Waals surface area contributed by atoms with Crippen LogP contribution >= 0.6 is 11.6 Å². The van der Waals surface area contributed by atoms with E-state index in [9.17, 15) is 4.79 Å². The molecule has 0 fully saturated rings. The van der Waals surface area contributed by atoms with E-state index in [1.54, 1.807) is 11.9 Å². The molecule has 0 spiro atoms. The number of halogens is 1. The molecule has 0 saturated carbocycles. The van der Waals surface area contributed by atoms with E-state index in [1.807, 2.05) is 31.2 Å². The summed E-state index contributed by atoms with van der Waals surface area (Å²) in [6.45, 7) is 2.58. The van der Waals surface area contributed by atoms with Crippen molar-refractivity contribution in [3.05, 3.63) is 34.9 Å². The van der Waals surface area contributed by atoms with Crippen LogP contribution in [0.2, 0.25) is 5.02 Å². The Morgan fingerprint density at radius 1 is 1.41 bits per heavy atom. The molecule has 0 saturated heterocycles. The molecule has 2 N–H and O–H groups in total. The zero-order valence-electron chi connectivity index (χ0n) is 10.3. The molecule has 0 heterocycles. The number of likely N-dealkylation sites (N-methyl/N-ethyl adjacent to an activating group) is 1. The summed E-state index contributed by atoms with van der Waals surface area (Å²) in [6, 6.07) is 7.08. The lowest BCUT2D eigenvalue weighted by atomic mass is 10.1. The zero-order chi connectivity index (χ0) is 12.8. The van der Waals surface area contributed by atoms with Gasteiger partial charge in [-0.2, -0.15) is 0 Å². The van der Waals surface area contributed by atoms with Crippen molar-refractivity contribution in [1.82, 2.24) is 4.90 Å². The van der Waals surface area contributed by atoms with Crippen molar-refractivity contribution < 1.29 is 4.79 Å². The van der Waals surface area contributed by atoms with Crippen LogP contribution in [0.5, 0.6) is 0 Å². The van der Waals surface area contributed by atoms with Gasteiger partial charge in [-0.25, -0.2) is 0 Å². The molecule has 17 heavy (non-hydrogen) atoms. The predicted octanol–water partition coefficient (Wildman–Crippen LogP) is 2.43. The molecule has 1 unspecified atom stereocenters. The van der Waals surface area contributed by atoms with Crippen molar-refractivity contribution in [2.24, 2.45) is 5.73 Å². The number of benzene rings is 1. The van der Waals surface area contributed by atoms with Crippen LogP contribution in [-0.4, -0.2) is 23.9 Å². The second-order valence-electron chi connectivity index (χ2n) is 4.22. The fourth-order valence-corrected chi connectivity index (χ4v) is 1.79. The van der Waals surface area contributed by atoms with Crippen molar-refractivity contribution in [3.8, 4) is 0 Å². The number of nitrogens with two attached hydrogens (primary N) is 1. The van der Waals surface area contributed by atoms with Gasteiger partial charge in [-0.3, -0.25) is 4.79 Å². The van der Waals surface area contributed by atoms with Crippen LogP contribution in [0.3, 0.4) is 0 Å². The number of amides is 1. The third-order valence-electron chi connectivity index (χ3n) is 2.63. The Hall–Kier alpha value is -1.06. The van der Waals surface area contributed by atoms with Crippen molar-refractivity contribution in [3.63, 3.8) is 0 Å². The Labute approximate surface area is 108 Å². The molecule has 0 aliphatic heterocycles. The molecule has 4 heteroatoms. The summed E-state index contributed by atoms with van der Waals surface area (Å²) in [4.78, 5) is 13.5. The summed E-state index contributed by atoms with van der Waals surface area (Å²) >= 11 is 5.80. The second-order valence-corrected chi connectivity index (χ2v) is 4.65. The molecular weight excluding hydrogens is 236 g/mol. The van der Waals surface area contributed by atoms with Crippen molar-refractivity contribution in [1.29, 1.82) is 0 Å². The summed E-state index contributed by atoms with van der Waals surface area (Å²) in [5, 5.41) is 0.699. The highest BCUT2D eigenvalue weighted by Gasteiger charge is 2.16. The van der Waals surface area contributed by atoms with Gasteiger partial charge in [-0.15, -0.1) is 0 Å². The van der Waals surface area contributed by atoms with Crippen LogP contribution in [-0.2, 0) is 11.3 Å². The number of nitrogens with zero attached hydrogens (tertiary/aromatic N) is 1. The number of hydrogen-bond donors (Lipinski definition) is 1. The monoisotopic (exact) mass is 254 g/mol. The third-order valence-corrected chi connectivity index (χ3v) is 2.88. The van der Waals surface area contributed by atoms with Crippen LogP contribution in [0.4, 0.5) is 0 Å². The zero-order valence-corrected chi connectivity index (χ0v) is 11.1. The van der Waals surface area contributed by atoms with E-state index in [-0.39, 0.29) is 5.91 Å². The normalized spacial score (nSPS) is 12.2. The van der Waals surface area contributed by atoms with E-state index in [1.165, 1.54) is 0 Å². The van der Waals surface area contributed by atoms with E-state index >= 15 is 0 Å². The molecule has 1 aromatic rings. The second kappa shape index (κ2) is 6.62. The lowest BCUT2D eigenvalue weighted by molar-refractivity contribution is -0.131. The highest BCUT2D eigenvalue weighted by Crippen LogP contribution is 2.11. The van der Waals surface area contributed by atoms with Crippen LogP contribution in [0.15, 0.2) is 24.3 Å². The van der Waals surface area contributed by atoms with Crippen LogP contribution in [0, 0.1) is 0 Å². The summed E-state index contributed by atoms with van der Waals surface area (Å²) in [5.74, 6) is -0.0122. The first-order chi connectivity index (χ1) is 8.04. The Balaban J connectivity index is 2.56. The molecular formula is C13H19ClN2O. The molecule has 3 nitrogen and oxygen atoms in total. The molecule has 1 atom stereocenters. The minimum atomic E-state index is -0.391. The summed E-state index contributed by atoms with van der Waals surface area (Å²) in [7, 11) is 1.77. The standard InChI is InChI=1S/C13H19ClN2O/c1-3-4-12(15)13(17)16(2)9-10-5-7-11(14)8-6-10/h5-8,12H,3-4,9,15H2,1-2H3. The van der Waals surface area contributed by atoms with Gasteiger partial charge in [0.1, 0.15) is 0 Å². The molecule has 0 aromatic heterocycles. The summed E-state index contributed by atoms with van der Waals surface area (Å²) in [5.41, 5.74) is 6.84. The van der Waals surface area contributed by atoms with Crippen molar-refractivity contribution in [2.45, 2.75) is 32.4 Å². The quantitative estimate of drug-likeness (QED) is 0.877. The summed E-state index contributed by atoms with van der Waals surface area (Å²) < 4.78 is 0. The molecule has 94 valence electrons. The Kier molecular flexibility index (Phi) is 5.45. The van der Waals surface area contributed by atoms with Gasteiger partial charge in [0.25, 0.3) is 0 Å². The van der Waals surface area contributed by atoms with Gasteiger partial charge in [0.2, 0.25) is 5.91 Å². The molecule has 1 rings (SSSR count). The van der Waals surface area contributed by atoms with E-state index in [2.05, 4.69) is 0 Å². The average molecular weight is 255 g/mol. The first-order valence-electron chi connectivity index (χ1n) is 5.79. The van der Waals surface area contributed by atoms with Gasteiger partial charge < -0.3 is 10.6 Å². The van der Waals surface area contributed by atoms with Crippen LogP contribution in [0.25, 0.3) is 0 Å². The topological polar surface area (TPSA) is 46.3 Å². The van der Waals surface area contributed by atoms with E-state index < -0.39 is 6.04 Å². The highest BCUT2D eigenvalue weighted by molar-refractivity contribution is 6.30. The van der Waals surface area contributed by atoms with Gasteiger partial charge in [0, 0.05) is 18.6 Å². The van der Waals surface area contributed by atoms with Gasteiger partial charge in [0.15, 0.2) is 0 Å².